The number of fused-ring (bicyclic) bond motifs is 1. The summed E-state index contributed by atoms with van der Waals surface area (Å²) in [5.74, 6) is 1.26. The third kappa shape index (κ3) is 5.08. The molecule has 4 aromatic rings. The van der Waals surface area contributed by atoms with Gasteiger partial charge in [-0.25, -0.2) is 9.37 Å². The summed E-state index contributed by atoms with van der Waals surface area (Å²) in [6.45, 7) is 10.9. The topological polar surface area (TPSA) is 40.1 Å². The van der Waals surface area contributed by atoms with Crippen molar-refractivity contribution in [3.8, 4) is 5.69 Å². The van der Waals surface area contributed by atoms with Crippen LogP contribution in [0.25, 0.3) is 16.6 Å². The van der Waals surface area contributed by atoms with Crippen molar-refractivity contribution in [3.05, 3.63) is 83.8 Å². The molecule has 5 rings (SSSR count). The first kappa shape index (κ1) is 22.8. The van der Waals surface area contributed by atoms with Gasteiger partial charge >= 0.3 is 0 Å². The summed E-state index contributed by atoms with van der Waals surface area (Å²) in [6.07, 6.45) is 8.27. The molecule has 1 aliphatic heterocycles. The second-order valence-electron chi connectivity index (χ2n) is 9.59. The Hall–Kier alpha value is -2.96. The zero-order valence-electron chi connectivity index (χ0n) is 20.2. The van der Waals surface area contributed by atoms with Crippen molar-refractivity contribution < 1.29 is 4.39 Å². The summed E-state index contributed by atoms with van der Waals surface area (Å²) < 4.78 is 15.3. The molecule has 2 aromatic carbocycles. The minimum absolute atomic E-state index is 0.161. The number of hydrogen-bond acceptors (Lipinski definition) is 3. The zero-order valence-corrected chi connectivity index (χ0v) is 20.2. The lowest BCUT2D eigenvalue weighted by atomic mass is 10.0. The fourth-order valence-electron chi connectivity index (χ4n) is 5.15. The molecule has 34 heavy (non-hydrogen) atoms. The zero-order chi connectivity index (χ0) is 23.5. The van der Waals surface area contributed by atoms with Crippen LogP contribution in [0, 0.1) is 12.7 Å². The van der Waals surface area contributed by atoms with Crippen LogP contribution in [-0.2, 0) is 6.42 Å². The summed E-state index contributed by atoms with van der Waals surface area (Å²) in [5, 5.41) is 1.31. The molecule has 1 N–H and O–H groups in total. The highest BCUT2D eigenvalue weighted by Crippen LogP contribution is 2.24. The van der Waals surface area contributed by atoms with Crippen LogP contribution < -0.4 is 0 Å². The van der Waals surface area contributed by atoms with E-state index in [1.165, 1.54) is 22.0 Å². The molecule has 0 spiro atoms. The van der Waals surface area contributed by atoms with Gasteiger partial charge in [-0.15, -0.1) is 0 Å². The van der Waals surface area contributed by atoms with E-state index in [2.05, 4.69) is 55.7 Å². The summed E-state index contributed by atoms with van der Waals surface area (Å²) in [6, 6.07) is 13.6. The van der Waals surface area contributed by atoms with E-state index in [0.29, 0.717) is 5.92 Å². The van der Waals surface area contributed by atoms with Crippen LogP contribution in [0.1, 0.15) is 36.2 Å². The summed E-state index contributed by atoms with van der Waals surface area (Å²) in [7, 11) is 0. The number of piperazine rings is 1. The van der Waals surface area contributed by atoms with Crippen LogP contribution in [-0.4, -0.2) is 63.6 Å². The fourth-order valence-corrected chi connectivity index (χ4v) is 5.15. The van der Waals surface area contributed by atoms with Gasteiger partial charge in [0.25, 0.3) is 0 Å². The first-order valence-corrected chi connectivity index (χ1v) is 12.4. The number of hydrogen-bond donors (Lipinski definition) is 1. The van der Waals surface area contributed by atoms with E-state index in [-0.39, 0.29) is 5.82 Å². The van der Waals surface area contributed by atoms with Crippen molar-refractivity contribution in [2.24, 2.45) is 0 Å². The van der Waals surface area contributed by atoms with Crippen molar-refractivity contribution in [2.75, 3.05) is 39.3 Å². The van der Waals surface area contributed by atoms with Gasteiger partial charge in [-0.3, -0.25) is 0 Å². The summed E-state index contributed by atoms with van der Waals surface area (Å²) in [5.41, 5.74) is 4.96. The fraction of sp³-hybridized carbons (Fsp3) is 0.393. The Kier molecular flexibility index (Phi) is 6.79. The van der Waals surface area contributed by atoms with Crippen LogP contribution in [0.5, 0.6) is 0 Å². The van der Waals surface area contributed by atoms with Crippen LogP contribution >= 0.6 is 0 Å². The van der Waals surface area contributed by atoms with Gasteiger partial charge in [0.1, 0.15) is 11.6 Å². The normalized spacial score (nSPS) is 16.3. The summed E-state index contributed by atoms with van der Waals surface area (Å²) >= 11 is 0. The molecule has 1 unspecified atom stereocenters. The molecule has 1 saturated heterocycles. The Bertz CT molecular complexity index is 1220. The van der Waals surface area contributed by atoms with E-state index in [1.807, 2.05) is 31.5 Å². The van der Waals surface area contributed by atoms with E-state index in [0.717, 1.165) is 63.6 Å². The molecule has 0 bridgehead atoms. The Labute approximate surface area is 201 Å². The average molecular weight is 460 g/mol. The number of imidazole rings is 1. The Balaban J connectivity index is 1.11. The lowest BCUT2D eigenvalue weighted by Crippen LogP contribution is -2.47. The van der Waals surface area contributed by atoms with Crippen molar-refractivity contribution in [3.63, 3.8) is 0 Å². The lowest BCUT2D eigenvalue weighted by Gasteiger charge is -2.36. The number of rotatable bonds is 8. The smallest absolute Gasteiger partial charge is 0.123 e. The largest absolute Gasteiger partial charge is 0.361 e. The van der Waals surface area contributed by atoms with Crippen LogP contribution in [0.15, 0.2) is 61.1 Å². The predicted octanol–water partition coefficient (Wildman–Crippen LogP) is 5.16. The third-order valence-electron chi connectivity index (χ3n) is 7.21. The minimum Gasteiger partial charge on any atom is -0.361 e. The second kappa shape index (κ2) is 10.1. The Morgan fingerprint density at radius 1 is 1.03 bits per heavy atom. The lowest BCUT2D eigenvalue weighted by molar-refractivity contribution is 0.127. The standard InChI is InChI=1S/C28H34FN5/c1-21(23-5-7-25(29)8-6-23)20-33-16-14-32(15-17-33)12-3-4-24-19-31-28-10-9-26(18-27(24)28)34-13-11-30-22(34)2/h5-11,13,18-19,21,31H,3-4,12,14-17,20H2,1-2H3. The van der Waals surface area contributed by atoms with Gasteiger partial charge in [-0.05, 0) is 73.7 Å². The molecule has 1 fully saturated rings. The molecular weight excluding hydrogens is 425 g/mol. The number of nitrogens with one attached hydrogen (secondary N) is 1. The molecule has 0 radical (unpaired) electrons. The number of halogens is 1. The van der Waals surface area contributed by atoms with E-state index in [9.17, 15) is 4.39 Å². The van der Waals surface area contributed by atoms with Gasteiger partial charge in [0, 0.05) is 67.9 Å². The highest BCUT2D eigenvalue weighted by atomic mass is 19.1. The number of nitrogens with zero attached hydrogens (tertiary/aromatic N) is 4. The minimum atomic E-state index is -0.161. The van der Waals surface area contributed by atoms with Crippen LogP contribution in [0.2, 0.25) is 0 Å². The average Bonchev–Trinajstić information content (AvgIpc) is 3.46. The maximum absolute atomic E-state index is 13.2. The maximum atomic E-state index is 13.2. The second-order valence-corrected chi connectivity index (χ2v) is 9.59. The van der Waals surface area contributed by atoms with Crippen LogP contribution in [0.4, 0.5) is 4.39 Å². The van der Waals surface area contributed by atoms with Crippen molar-refractivity contribution in [1.29, 1.82) is 0 Å². The highest BCUT2D eigenvalue weighted by Gasteiger charge is 2.19. The molecular formula is C28H34FN5. The molecule has 0 saturated carbocycles. The SMILES string of the molecule is Cc1nccn1-c1ccc2[nH]cc(CCCN3CCN(CC(C)c4ccc(F)cc4)CC3)c2c1. The van der Waals surface area contributed by atoms with Gasteiger partial charge in [0.2, 0.25) is 0 Å². The number of aromatic amines is 1. The number of H-pyrrole nitrogens is 1. The first-order valence-electron chi connectivity index (χ1n) is 12.4. The van der Waals surface area contributed by atoms with Gasteiger partial charge in [0.15, 0.2) is 0 Å². The van der Waals surface area contributed by atoms with Gasteiger partial charge in [-0.2, -0.15) is 0 Å². The van der Waals surface area contributed by atoms with E-state index < -0.39 is 0 Å². The van der Waals surface area contributed by atoms with Crippen molar-refractivity contribution in [1.82, 2.24) is 24.3 Å². The molecule has 178 valence electrons. The van der Waals surface area contributed by atoms with Gasteiger partial charge < -0.3 is 19.4 Å². The third-order valence-corrected chi connectivity index (χ3v) is 7.21. The Morgan fingerprint density at radius 3 is 2.53 bits per heavy atom. The van der Waals surface area contributed by atoms with Crippen LogP contribution in [0.3, 0.4) is 0 Å². The predicted molar refractivity (Wildman–Crippen MR) is 136 cm³/mol. The van der Waals surface area contributed by atoms with Gasteiger partial charge in [-0.1, -0.05) is 19.1 Å². The molecule has 1 aliphatic rings. The monoisotopic (exact) mass is 459 g/mol. The molecule has 0 aliphatic carbocycles. The first-order chi connectivity index (χ1) is 16.6. The highest BCUT2D eigenvalue weighted by molar-refractivity contribution is 5.85. The van der Waals surface area contributed by atoms with E-state index in [1.54, 1.807) is 12.1 Å². The van der Waals surface area contributed by atoms with E-state index in [4.69, 9.17) is 0 Å². The molecule has 0 amide bonds. The molecule has 5 nitrogen and oxygen atoms in total. The number of aromatic nitrogens is 3. The quantitative estimate of drug-likeness (QED) is 0.396. The Morgan fingerprint density at radius 2 is 1.79 bits per heavy atom. The van der Waals surface area contributed by atoms with Gasteiger partial charge in [0.05, 0.1) is 0 Å². The number of benzene rings is 2. The maximum Gasteiger partial charge on any atom is 0.123 e. The van der Waals surface area contributed by atoms with E-state index >= 15 is 0 Å². The van der Waals surface area contributed by atoms with Crippen molar-refractivity contribution in [2.45, 2.75) is 32.6 Å². The molecule has 3 heterocycles. The molecule has 6 heteroatoms. The molecule has 2 aromatic heterocycles. The summed E-state index contributed by atoms with van der Waals surface area (Å²) in [4.78, 5) is 12.9. The number of aryl methyl sites for hydroxylation is 2. The molecule has 1 atom stereocenters. The van der Waals surface area contributed by atoms with Crippen molar-refractivity contribution >= 4 is 10.9 Å².